The van der Waals surface area contributed by atoms with Crippen molar-refractivity contribution >= 4 is 18.4 Å². The van der Waals surface area contributed by atoms with Crippen molar-refractivity contribution in [1.29, 1.82) is 0 Å². The Hall–Kier alpha value is -2.92. The maximum atomic E-state index is 12.9. The minimum Gasteiger partial charge on any atom is -0.324 e. The van der Waals surface area contributed by atoms with E-state index < -0.39 is 0 Å². The number of aliphatic imine (C=N–C) groups is 1. The van der Waals surface area contributed by atoms with Crippen LogP contribution in [0.4, 0.5) is 4.79 Å². The first-order chi connectivity index (χ1) is 14.1. The summed E-state index contributed by atoms with van der Waals surface area (Å²) < 4.78 is 0. The van der Waals surface area contributed by atoms with Crippen LogP contribution in [0.2, 0.25) is 0 Å². The Morgan fingerprint density at radius 2 is 1.66 bits per heavy atom. The predicted octanol–water partition coefficient (Wildman–Crippen LogP) is 4.33. The molecule has 3 rings (SSSR count). The number of urea groups is 1. The molecular weight excluding hydrogens is 360 g/mol. The van der Waals surface area contributed by atoms with Crippen LogP contribution in [0.15, 0.2) is 71.9 Å². The lowest BCUT2D eigenvalue weighted by Gasteiger charge is -2.37. The summed E-state index contributed by atoms with van der Waals surface area (Å²) in [4.78, 5) is 23.0. The summed E-state index contributed by atoms with van der Waals surface area (Å²) in [6.45, 7) is 6.62. The highest BCUT2D eigenvalue weighted by atomic mass is 16.2. The molecule has 1 aliphatic rings. The second-order valence-electron chi connectivity index (χ2n) is 7.54. The number of likely N-dealkylation sites (tertiary alicyclic amines) is 1. The number of carbonyl (C=O) groups is 1. The van der Waals surface area contributed by atoms with E-state index in [9.17, 15) is 4.79 Å². The summed E-state index contributed by atoms with van der Waals surface area (Å²) in [5.74, 6) is 0. The lowest BCUT2D eigenvalue weighted by atomic mass is 10.0. The third kappa shape index (κ3) is 5.55. The van der Waals surface area contributed by atoms with Gasteiger partial charge in [-0.1, -0.05) is 60.7 Å². The zero-order valence-electron chi connectivity index (χ0n) is 17.4. The molecule has 0 aromatic heterocycles. The summed E-state index contributed by atoms with van der Waals surface area (Å²) in [7, 11) is 3.67. The molecule has 0 atom stereocenters. The molecule has 2 aromatic rings. The van der Waals surface area contributed by atoms with Crippen LogP contribution in [0.1, 0.15) is 24.0 Å². The number of carbonyl (C=O) groups excluding carboxylic acids is 1. The Kier molecular flexibility index (Phi) is 7.19. The van der Waals surface area contributed by atoms with Gasteiger partial charge in [0.05, 0.1) is 5.70 Å². The molecule has 5 nitrogen and oxygen atoms in total. The maximum absolute atomic E-state index is 12.9. The van der Waals surface area contributed by atoms with Crippen molar-refractivity contribution in [2.45, 2.75) is 25.4 Å². The van der Waals surface area contributed by atoms with Crippen molar-refractivity contribution in [3.63, 3.8) is 0 Å². The van der Waals surface area contributed by atoms with E-state index in [1.54, 1.807) is 18.1 Å². The summed E-state index contributed by atoms with van der Waals surface area (Å²) in [6, 6.07) is 20.6. The molecule has 2 amide bonds. The number of rotatable bonds is 6. The van der Waals surface area contributed by atoms with E-state index in [0.29, 0.717) is 5.70 Å². The molecule has 152 valence electrons. The van der Waals surface area contributed by atoms with Crippen LogP contribution < -0.4 is 0 Å². The van der Waals surface area contributed by atoms with Crippen LogP contribution in [-0.4, -0.2) is 60.7 Å². The van der Waals surface area contributed by atoms with Crippen LogP contribution in [0.5, 0.6) is 0 Å². The highest BCUT2D eigenvalue weighted by molar-refractivity contribution is 5.78. The minimum atomic E-state index is -0.0245. The monoisotopic (exact) mass is 390 g/mol. The lowest BCUT2D eigenvalue weighted by molar-refractivity contribution is 0.121. The number of hydrogen-bond donors (Lipinski definition) is 0. The Balaban J connectivity index is 1.56. The van der Waals surface area contributed by atoms with Crippen molar-refractivity contribution in [1.82, 2.24) is 14.7 Å². The SMILES string of the molecule is C=NC(=CN(C)C(=O)N(C)C1CCN(Cc2ccccc2)CC1)c1ccccc1. The Morgan fingerprint density at radius 1 is 1.07 bits per heavy atom. The molecule has 1 heterocycles. The fourth-order valence-corrected chi connectivity index (χ4v) is 3.77. The number of benzene rings is 2. The molecule has 0 radical (unpaired) electrons. The quantitative estimate of drug-likeness (QED) is 0.689. The van der Waals surface area contributed by atoms with E-state index in [1.165, 1.54) is 5.56 Å². The van der Waals surface area contributed by atoms with Gasteiger partial charge in [-0.25, -0.2) is 4.79 Å². The van der Waals surface area contributed by atoms with Crippen molar-refractivity contribution in [3.05, 3.63) is 78.0 Å². The second kappa shape index (κ2) is 10.0. The van der Waals surface area contributed by atoms with Crippen molar-refractivity contribution in [3.8, 4) is 0 Å². The van der Waals surface area contributed by atoms with Gasteiger partial charge in [0.1, 0.15) is 0 Å². The molecule has 0 bridgehead atoms. The molecule has 0 aliphatic carbocycles. The largest absolute Gasteiger partial charge is 0.324 e. The minimum absolute atomic E-state index is 0.0245. The van der Waals surface area contributed by atoms with Gasteiger partial charge >= 0.3 is 6.03 Å². The number of hydrogen-bond acceptors (Lipinski definition) is 3. The van der Waals surface area contributed by atoms with E-state index in [0.717, 1.165) is 38.0 Å². The summed E-state index contributed by atoms with van der Waals surface area (Å²) >= 11 is 0. The van der Waals surface area contributed by atoms with Crippen LogP contribution in [0, 0.1) is 0 Å². The summed E-state index contributed by atoms with van der Waals surface area (Å²) in [5.41, 5.74) is 2.97. The third-order valence-corrected chi connectivity index (χ3v) is 5.51. The van der Waals surface area contributed by atoms with Gasteiger partial charge in [0.25, 0.3) is 0 Å². The first-order valence-corrected chi connectivity index (χ1v) is 10.1. The van der Waals surface area contributed by atoms with Crippen molar-refractivity contribution in [2.75, 3.05) is 27.2 Å². The number of amides is 2. The van der Waals surface area contributed by atoms with Gasteiger partial charge in [0.2, 0.25) is 0 Å². The summed E-state index contributed by atoms with van der Waals surface area (Å²) in [5, 5.41) is 0. The molecule has 0 spiro atoms. The molecular formula is C24H30N4O. The molecule has 2 aromatic carbocycles. The molecule has 0 saturated carbocycles. The topological polar surface area (TPSA) is 39.2 Å². The Bertz CT molecular complexity index is 826. The van der Waals surface area contributed by atoms with Crippen molar-refractivity contribution in [2.24, 2.45) is 4.99 Å². The number of piperidine rings is 1. The molecule has 5 heteroatoms. The van der Waals surface area contributed by atoms with Crippen LogP contribution in [0.3, 0.4) is 0 Å². The van der Waals surface area contributed by atoms with Gasteiger partial charge in [-0.2, -0.15) is 0 Å². The van der Waals surface area contributed by atoms with Gasteiger partial charge in [0, 0.05) is 51.5 Å². The normalized spacial score (nSPS) is 15.7. The highest BCUT2D eigenvalue weighted by Crippen LogP contribution is 2.20. The number of nitrogens with zero attached hydrogens (tertiary/aromatic N) is 4. The highest BCUT2D eigenvalue weighted by Gasteiger charge is 2.26. The first kappa shape index (κ1) is 20.8. The van der Waals surface area contributed by atoms with E-state index >= 15 is 0 Å². The summed E-state index contributed by atoms with van der Waals surface area (Å²) in [6.07, 6.45) is 3.72. The average molecular weight is 391 g/mol. The van der Waals surface area contributed by atoms with Crippen LogP contribution in [-0.2, 0) is 6.54 Å². The standard InChI is InChI=1S/C24H30N4O/c1-25-23(21-12-8-5-9-13-21)19-26(2)24(29)27(3)22-14-16-28(17-15-22)18-20-10-6-4-7-11-20/h4-13,19,22H,1,14-18H2,2-3H3. The van der Waals surface area contributed by atoms with Crippen LogP contribution >= 0.6 is 0 Å². The predicted molar refractivity (Wildman–Crippen MR) is 120 cm³/mol. The Labute approximate surface area is 174 Å². The van der Waals surface area contributed by atoms with E-state index in [-0.39, 0.29) is 12.1 Å². The van der Waals surface area contributed by atoms with Gasteiger partial charge in [0.15, 0.2) is 0 Å². The molecule has 1 fully saturated rings. The molecule has 29 heavy (non-hydrogen) atoms. The van der Waals surface area contributed by atoms with E-state index in [2.05, 4.69) is 40.9 Å². The third-order valence-electron chi connectivity index (χ3n) is 5.51. The van der Waals surface area contributed by atoms with Crippen LogP contribution in [0.25, 0.3) is 5.70 Å². The molecule has 1 saturated heterocycles. The van der Waals surface area contributed by atoms with Gasteiger partial charge in [-0.05, 0) is 25.1 Å². The molecule has 0 unspecified atom stereocenters. The van der Waals surface area contributed by atoms with Gasteiger partial charge in [-0.3, -0.25) is 9.89 Å². The maximum Gasteiger partial charge on any atom is 0.323 e. The lowest BCUT2D eigenvalue weighted by Crippen LogP contribution is -2.48. The fraction of sp³-hybridized carbons (Fsp3) is 0.333. The fourth-order valence-electron chi connectivity index (χ4n) is 3.77. The Morgan fingerprint density at radius 3 is 2.24 bits per heavy atom. The van der Waals surface area contributed by atoms with Gasteiger partial charge < -0.3 is 9.80 Å². The second-order valence-corrected chi connectivity index (χ2v) is 7.54. The smallest absolute Gasteiger partial charge is 0.323 e. The molecule has 0 N–H and O–H groups in total. The zero-order valence-corrected chi connectivity index (χ0v) is 17.4. The van der Waals surface area contributed by atoms with Gasteiger partial charge in [-0.15, -0.1) is 0 Å². The average Bonchev–Trinajstić information content (AvgIpc) is 2.78. The van der Waals surface area contributed by atoms with E-state index in [4.69, 9.17) is 0 Å². The zero-order chi connectivity index (χ0) is 20.6. The van der Waals surface area contributed by atoms with E-state index in [1.807, 2.05) is 48.3 Å². The molecule has 1 aliphatic heterocycles. The van der Waals surface area contributed by atoms with Crippen molar-refractivity contribution < 1.29 is 4.79 Å². The first-order valence-electron chi connectivity index (χ1n) is 10.1.